The zero-order valence-electron chi connectivity index (χ0n) is 10.8. The van der Waals surface area contributed by atoms with E-state index in [2.05, 4.69) is 0 Å². The van der Waals surface area contributed by atoms with Crippen molar-refractivity contribution < 1.29 is 19.1 Å². The van der Waals surface area contributed by atoms with E-state index in [0.717, 1.165) is 5.39 Å². The normalized spacial score (nSPS) is 10.8. The number of benzene rings is 1. The number of aliphatic hydroxyl groups excluding tert-OH is 1. The predicted octanol–water partition coefficient (Wildman–Crippen LogP) is 1.51. The summed E-state index contributed by atoms with van der Waals surface area (Å²) in [5.74, 6) is -0.156. The molecular weight excluding hydrogens is 246 g/mol. The van der Waals surface area contributed by atoms with E-state index >= 15 is 0 Å². The molecule has 2 rings (SSSR count). The highest BCUT2D eigenvalue weighted by Gasteiger charge is 2.19. The van der Waals surface area contributed by atoms with Crippen LogP contribution >= 0.6 is 0 Å². The molecule has 5 heteroatoms. The third kappa shape index (κ3) is 2.94. The second kappa shape index (κ2) is 6.36. The van der Waals surface area contributed by atoms with Gasteiger partial charge in [0.2, 0.25) is 0 Å². The Hall–Kier alpha value is -1.85. The maximum atomic E-state index is 12.4. The van der Waals surface area contributed by atoms with Gasteiger partial charge in [0, 0.05) is 25.6 Å². The van der Waals surface area contributed by atoms with Crippen LogP contribution in [0.25, 0.3) is 11.0 Å². The second-order valence-electron chi connectivity index (χ2n) is 4.15. The molecule has 102 valence electrons. The van der Waals surface area contributed by atoms with Gasteiger partial charge >= 0.3 is 0 Å². The number of nitrogens with zero attached hydrogens (tertiary/aromatic N) is 1. The van der Waals surface area contributed by atoms with Crippen molar-refractivity contribution >= 4 is 16.9 Å². The number of ether oxygens (including phenoxy) is 1. The topological polar surface area (TPSA) is 62.9 Å². The molecule has 0 fully saturated rings. The third-order valence-electron chi connectivity index (χ3n) is 2.93. The minimum Gasteiger partial charge on any atom is -0.463 e. The Bertz CT molecular complexity index is 549. The Labute approximate surface area is 111 Å². The molecule has 1 aromatic carbocycles. The highest BCUT2D eigenvalue weighted by molar-refractivity contribution is 6.05. The third-order valence-corrected chi connectivity index (χ3v) is 2.93. The van der Waals surface area contributed by atoms with E-state index < -0.39 is 0 Å². The highest BCUT2D eigenvalue weighted by Crippen LogP contribution is 2.21. The van der Waals surface area contributed by atoms with E-state index in [9.17, 15) is 4.79 Å². The number of carbonyl (C=O) groups is 1. The van der Waals surface area contributed by atoms with Crippen molar-refractivity contribution in [3.8, 4) is 0 Å². The lowest BCUT2D eigenvalue weighted by Gasteiger charge is -2.20. The van der Waals surface area contributed by atoms with E-state index in [1.54, 1.807) is 12.0 Å². The Morgan fingerprint density at radius 1 is 1.37 bits per heavy atom. The number of aliphatic hydroxyl groups is 1. The van der Waals surface area contributed by atoms with Gasteiger partial charge in [-0.2, -0.15) is 0 Å². The van der Waals surface area contributed by atoms with Gasteiger partial charge in [0.15, 0.2) is 0 Å². The summed E-state index contributed by atoms with van der Waals surface area (Å²) in [6.45, 7) is 1.07. The Balaban J connectivity index is 2.25. The summed E-state index contributed by atoms with van der Waals surface area (Å²) in [7, 11) is 1.58. The lowest BCUT2D eigenvalue weighted by Crippen LogP contribution is -2.36. The maximum Gasteiger partial charge on any atom is 0.257 e. The molecule has 0 unspecified atom stereocenters. The van der Waals surface area contributed by atoms with E-state index in [1.807, 2.05) is 24.3 Å². The maximum absolute atomic E-state index is 12.4. The van der Waals surface area contributed by atoms with Gasteiger partial charge in [-0.05, 0) is 6.07 Å². The molecule has 0 spiro atoms. The van der Waals surface area contributed by atoms with Crippen molar-refractivity contribution in [2.75, 3.05) is 33.4 Å². The van der Waals surface area contributed by atoms with Crippen molar-refractivity contribution in [2.45, 2.75) is 0 Å². The molecule has 0 atom stereocenters. The molecule has 0 radical (unpaired) electrons. The zero-order chi connectivity index (χ0) is 13.7. The standard InChI is InChI=1S/C14H17NO4/c1-18-9-7-15(6-8-16)14(17)12-10-19-13-5-3-2-4-11(12)13/h2-5,10,16H,6-9H2,1H3. The van der Waals surface area contributed by atoms with Gasteiger partial charge in [0.05, 0.1) is 18.8 Å². The summed E-state index contributed by atoms with van der Waals surface area (Å²) in [6.07, 6.45) is 1.46. The number of amides is 1. The second-order valence-corrected chi connectivity index (χ2v) is 4.15. The van der Waals surface area contributed by atoms with Gasteiger partial charge in [-0.15, -0.1) is 0 Å². The SMILES string of the molecule is COCCN(CCO)C(=O)c1coc2ccccc12. The molecular formula is C14H17NO4. The average Bonchev–Trinajstić information content (AvgIpc) is 2.86. The Morgan fingerprint density at radius 3 is 2.89 bits per heavy atom. The van der Waals surface area contributed by atoms with Gasteiger partial charge in [-0.3, -0.25) is 4.79 Å². The lowest BCUT2D eigenvalue weighted by molar-refractivity contribution is 0.0657. The molecule has 1 heterocycles. The molecule has 1 aromatic heterocycles. The largest absolute Gasteiger partial charge is 0.463 e. The fraction of sp³-hybridized carbons (Fsp3) is 0.357. The quantitative estimate of drug-likeness (QED) is 0.858. The molecule has 19 heavy (non-hydrogen) atoms. The molecule has 1 N–H and O–H groups in total. The summed E-state index contributed by atoms with van der Waals surface area (Å²) in [6, 6.07) is 7.38. The van der Waals surface area contributed by atoms with E-state index in [4.69, 9.17) is 14.3 Å². The molecule has 0 aliphatic rings. The van der Waals surface area contributed by atoms with E-state index in [1.165, 1.54) is 6.26 Å². The molecule has 0 aliphatic heterocycles. The fourth-order valence-electron chi connectivity index (χ4n) is 1.95. The van der Waals surface area contributed by atoms with Crippen LogP contribution in [0.3, 0.4) is 0 Å². The lowest BCUT2D eigenvalue weighted by atomic mass is 10.1. The number of rotatable bonds is 6. The van der Waals surface area contributed by atoms with Crippen molar-refractivity contribution in [3.63, 3.8) is 0 Å². The number of hydrogen-bond donors (Lipinski definition) is 1. The van der Waals surface area contributed by atoms with Crippen LogP contribution < -0.4 is 0 Å². The van der Waals surface area contributed by atoms with Crippen molar-refractivity contribution in [2.24, 2.45) is 0 Å². The number of furan rings is 1. The molecule has 0 saturated carbocycles. The van der Waals surface area contributed by atoms with Crippen LogP contribution in [-0.2, 0) is 4.74 Å². The zero-order valence-corrected chi connectivity index (χ0v) is 10.8. The first-order valence-corrected chi connectivity index (χ1v) is 6.13. The van der Waals surface area contributed by atoms with E-state index in [-0.39, 0.29) is 19.1 Å². The van der Waals surface area contributed by atoms with E-state index in [0.29, 0.717) is 24.3 Å². The Kier molecular flexibility index (Phi) is 4.54. The highest BCUT2D eigenvalue weighted by atomic mass is 16.5. The number of methoxy groups -OCH3 is 1. The average molecular weight is 263 g/mol. The molecule has 5 nitrogen and oxygen atoms in total. The summed E-state index contributed by atoms with van der Waals surface area (Å²) < 4.78 is 10.3. The smallest absolute Gasteiger partial charge is 0.257 e. The minimum absolute atomic E-state index is 0.0781. The van der Waals surface area contributed by atoms with Gasteiger partial charge in [-0.25, -0.2) is 0 Å². The summed E-state index contributed by atoms with van der Waals surface area (Å²) >= 11 is 0. The van der Waals surface area contributed by atoms with Crippen molar-refractivity contribution in [3.05, 3.63) is 36.1 Å². The molecule has 1 amide bonds. The predicted molar refractivity (Wildman–Crippen MR) is 71.1 cm³/mol. The van der Waals surface area contributed by atoms with Crippen LogP contribution in [0.2, 0.25) is 0 Å². The fourth-order valence-corrected chi connectivity index (χ4v) is 1.95. The van der Waals surface area contributed by atoms with Crippen LogP contribution in [0.5, 0.6) is 0 Å². The van der Waals surface area contributed by atoms with Gasteiger partial charge in [0.1, 0.15) is 11.8 Å². The molecule has 0 saturated heterocycles. The first-order chi connectivity index (χ1) is 9.27. The van der Waals surface area contributed by atoms with Crippen LogP contribution in [0.4, 0.5) is 0 Å². The molecule has 2 aromatic rings. The first kappa shape index (κ1) is 13.6. The van der Waals surface area contributed by atoms with Gasteiger partial charge in [-0.1, -0.05) is 18.2 Å². The number of fused-ring (bicyclic) bond motifs is 1. The van der Waals surface area contributed by atoms with Crippen molar-refractivity contribution in [1.29, 1.82) is 0 Å². The minimum atomic E-state index is -0.156. The molecule has 0 bridgehead atoms. The van der Waals surface area contributed by atoms with Gasteiger partial charge < -0.3 is 19.2 Å². The van der Waals surface area contributed by atoms with Crippen LogP contribution in [-0.4, -0.2) is 49.3 Å². The van der Waals surface area contributed by atoms with Crippen molar-refractivity contribution in [1.82, 2.24) is 4.90 Å². The first-order valence-electron chi connectivity index (χ1n) is 6.13. The Morgan fingerprint density at radius 2 is 2.16 bits per heavy atom. The monoisotopic (exact) mass is 263 g/mol. The number of para-hydroxylation sites is 1. The number of carbonyl (C=O) groups excluding carboxylic acids is 1. The van der Waals surface area contributed by atoms with Crippen LogP contribution in [0, 0.1) is 0 Å². The summed E-state index contributed by atoms with van der Waals surface area (Å²) in [5, 5.41) is 9.82. The van der Waals surface area contributed by atoms with Crippen LogP contribution in [0.1, 0.15) is 10.4 Å². The van der Waals surface area contributed by atoms with Crippen LogP contribution in [0.15, 0.2) is 34.9 Å². The summed E-state index contributed by atoms with van der Waals surface area (Å²) in [5.41, 5.74) is 1.20. The molecule has 0 aliphatic carbocycles. The summed E-state index contributed by atoms with van der Waals surface area (Å²) in [4.78, 5) is 14.0. The number of hydrogen-bond acceptors (Lipinski definition) is 4. The van der Waals surface area contributed by atoms with Gasteiger partial charge in [0.25, 0.3) is 5.91 Å².